The Labute approximate surface area is 173 Å². The number of hydrogen-bond acceptors (Lipinski definition) is 6. The van der Waals surface area contributed by atoms with E-state index in [4.69, 9.17) is 0 Å². The van der Waals surface area contributed by atoms with Crippen molar-refractivity contribution in [2.75, 3.05) is 31.9 Å². The van der Waals surface area contributed by atoms with Gasteiger partial charge in [-0.2, -0.15) is 0 Å². The topological polar surface area (TPSA) is 49.3 Å². The van der Waals surface area contributed by atoms with E-state index in [1.165, 1.54) is 10.3 Å². The average Bonchev–Trinajstić information content (AvgIpc) is 3.15. The zero-order valence-corrected chi connectivity index (χ0v) is 17.4. The predicted octanol–water partition coefficient (Wildman–Crippen LogP) is 3.91. The normalized spacial score (nSPS) is 15.2. The number of aromatic nitrogens is 2. The Morgan fingerprint density at radius 2 is 1.86 bits per heavy atom. The fourth-order valence-corrected chi connectivity index (χ4v) is 5.43. The van der Waals surface area contributed by atoms with Crippen LogP contribution < -0.4 is 0 Å². The van der Waals surface area contributed by atoms with E-state index in [9.17, 15) is 4.79 Å². The van der Waals surface area contributed by atoms with E-state index in [1.807, 2.05) is 35.5 Å². The van der Waals surface area contributed by atoms with Crippen molar-refractivity contribution in [3.05, 3.63) is 54.4 Å². The van der Waals surface area contributed by atoms with Crippen LogP contribution >= 0.6 is 23.1 Å². The lowest BCUT2D eigenvalue weighted by Crippen LogP contribution is -2.48. The number of benzene rings is 1. The van der Waals surface area contributed by atoms with Crippen LogP contribution in [0.1, 0.15) is 18.4 Å². The summed E-state index contributed by atoms with van der Waals surface area (Å²) in [6.07, 6.45) is 5.20. The van der Waals surface area contributed by atoms with Gasteiger partial charge in [0.05, 0.1) is 10.2 Å². The lowest BCUT2D eigenvalue weighted by molar-refractivity contribution is -0.133. The zero-order valence-electron chi connectivity index (χ0n) is 15.8. The number of nitrogens with zero attached hydrogens (tertiary/aromatic N) is 4. The molecular formula is C21H24N4OS2. The number of carbonyl (C=O) groups excluding carboxylic acids is 1. The van der Waals surface area contributed by atoms with E-state index in [0.717, 1.165) is 54.8 Å². The molecule has 1 fully saturated rings. The lowest BCUT2D eigenvalue weighted by Gasteiger charge is -2.34. The number of rotatable bonds is 7. The second-order valence-electron chi connectivity index (χ2n) is 6.91. The minimum absolute atomic E-state index is 0.286. The van der Waals surface area contributed by atoms with Crippen LogP contribution in [0.5, 0.6) is 0 Å². The van der Waals surface area contributed by atoms with Crippen LogP contribution in [0, 0.1) is 0 Å². The highest BCUT2D eigenvalue weighted by atomic mass is 32.2. The van der Waals surface area contributed by atoms with Gasteiger partial charge in [-0.05, 0) is 36.2 Å². The van der Waals surface area contributed by atoms with E-state index < -0.39 is 0 Å². The number of thioether (sulfide) groups is 1. The van der Waals surface area contributed by atoms with Crippen molar-refractivity contribution in [2.45, 2.75) is 23.7 Å². The average molecular weight is 413 g/mol. The second kappa shape index (κ2) is 9.49. The molecule has 1 aliphatic heterocycles. The number of hydrogen-bond donors (Lipinski definition) is 0. The van der Waals surface area contributed by atoms with E-state index in [0.29, 0.717) is 6.42 Å². The van der Waals surface area contributed by atoms with Gasteiger partial charge >= 0.3 is 0 Å². The van der Waals surface area contributed by atoms with Gasteiger partial charge in [-0.25, -0.2) is 4.98 Å². The van der Waals surface area contributed by atoms with Crippen molar-refractivity contribution in [1.82, 2.24) is 19.8 Å². The van der Waals surface area contributed by atoms with Gasteiger partial charge in [0.25, 0.3) is 0 Å². The molecule has 2 aromatic heterocycles. The summed E-state index contributed by atoms with van der Waals surface area (Å²) in [7, 11) is 0. The van der Waals surface area contributed by atoms with Crippen LogP contribution in [0.25, 0.3) is 10.2 Å². The molecule has 1 amide bonds. The van der Waals surface area contributed by atoms with Crippen LogP contribution in [-0.4, -0.2) is 57.6 Å². The Balaban J connectivity index is 1.15. The van der Waals surface area contributed by atoms with Gasteiger partial charge in [0, 0.05) is 57.3 Å². The second-order valence-corrected chi connectivity index (χ2v) is 9.28. The van der Waals surface area contributed by atoms with Crippen LogP contribution in [0.15, 0.2) is 53.1 Å². The molecule has 7 heteroatoms. The first-order valence-electron chi connectivity index (χ1n) is 9.65. The fourth-order valence-electron chi connectivity index (χ4n) is 3.36. The summed E-state index contributed by atoms with van der Waals surface area (Å²) >= 11 is 3.49. The molecule has 1 aliphatic rings. The number of piperazine rings is 1. The minimum atomic E-state index is 0.286. The monoisotopic (exact) mass is 412 g/mol. The third-order valence-electron chi connectivity index (χ3n) is 4.92. The maximum atomic E-state index is 12.5. The number of carbonyl (C=O) groups is 1. The molecule has 3 heterocycles. The third-order valence-corrected chi connectivity index (χ3v) is 7.18. The molecule has 0 N–H and O–H groups in total. The molecule has 0 aliphatic carbocycles. The van der Waals surface area contributed by atoms with Crippen LogP contribution in [0.4, 0.5) is 0 Å². The van der Waals surface area contributed by atoms with E-state index >= 15 is 0 Å². The molecule has 0 atom stereocenters. The molecule has 28 heavy (non-hydrogen) atoms. The van der Waals surface area contributed by atoms with Crippen molar-refractivity contribution < 1.29 is 4.79 Å². The molecule has 0 spiro atoms. The highest BCUT2D eigenvalue weighted by Gasteiger charge is 2.20. The van der Waals surface area contributed by atoms with Gasteiger partial charge < -0.3 is 4.90 Å². The highest BCUT2D eigenvalue weighted by molar-refractivity contribution is 8.01. The zero-order chi connectivity index (χ0) is 19.2. The number of pyridine rings is 1. The maximum Gasteiger partial charge on any atom is 0.222 e. The molecule has 0 unspecified atom stereocenters. The van der Waals surface area contributed by atoms with Crippen LogP contribution in [0.3, 0.4) is 0 Å². The Morgan fingerprint density at radius 3 is 2.64 bits per heavy atom. The summed E-state index contributed by atoms with van der Waals surface area (Å²) in [4.78, 5) is 25.6. The fraction of sp³-hybridized carbons (Fsp3) is 0.381. The molecule has 0 radical (unpaired) electrons. The maximum absolute atomic E-state index is 12.5. The SMILES string of the molecule is O=C(CCCSc1nc2ccccc2s1)N1CCN(Cc2ccncc2)CC1. The highest BCUT2D eigenvalue weighted by Crippen LogP contribution is 2.29. The standard InChI is InChI=1S/C21H24N4OS2/c26-20(6-3-15-27-21-23-18-4-1-2-5-19(18)28-21)25-13-11-24(12-14-25)16-17-7-9-22-10-8-17/h1-2,4-5,7-10H,3,6,11-16H2. The molecule has 146 valence electrons. The van der Waals surface area contributed by atoms with Crippen molar-refractivity contribution in [3.8, 4) is 0 Å². The summed E-state index contributed by atoms with van der Waals surface area (Å²) in [6.45, 7) is 4.47. The molecular weight excluding hydrogens is 388 g/mol. The van der Waals surface area contributed by atoms with E-state index in [2.05, 4.69) is 33.1 Å². The molecule has 3 aromatic rings. The number of para-hydroxylation sites is 1. The largest absolute Gasteiger partial charge is 0.340 e. The Morgan fingerprint density at radius 1 is 1.07 bits per heavy atom. The molecule has 0 bridgehead atoms. The van der Waals surface area contributed by atoms with Gasteiger partial charge in [0.2, 0.25) is 5.91 Å². The van der Waals surface area contributed by atoms with E-state index in [-0.39, 0.29) is 5.91 Å². The lowest BCUT2D eigenvalue weighted by atomic mass is 10.2. The van der Waals surface area contributed by atoms with Crippen molar-refractivity contribution in [1.29, 1.82) is 0 Å². The van der Waals surface area contributed by atoms with Crippen molar-refractivity contribution >= 4 is 39.2 Å². The van der Waals surface area contributed by atoms with Gasteiger partial charge in [0.15, 0.2) is 4.34 Å². The first kappa shape index (κ1) is 19.4. The van der Waals surface area contributed by atoms with Gasteiger partial charge in [-0.3, -0.25) is 14.7 Å². The van der Waals surface area contributed by atoms with Crippen LogP contribution in [-0.2, 0) is 11.3 Å². The van der Waals surface area contributed by atoms with Crippen LogP contribution in [0.2, 0.25) is 0 Å². The summed E-state index contributed by atoms with van der Waals surface area (Å²) in [5, 5.41) is 0. The summed E-state index contributed by atoms with van der Waals surface area (Å²) in [5.41, 5.74) is 2.34. The molecule has 1 saturated heterocycles. The Bertz CT molecular complexity index is 874. The van der Waals surface area contributed by atoms with Crippen molar-refractivity contribution in [3.63, 3.8) is 0 Å². The smallest absolute Gasteiger partial charge is 0.222 e. The quantitative estimate of drug-likeness (QED) is 0.435. The van der Waals surface area contributed by atoms with Gasteiger partial charge in [0.1, 0.15) is 0 Å². The Kier molecular flexibility index (Phi) is 6.57. The first-order chi connectivity index (χ1) is 13.8. The summed E-state index contributed by atoms with van der Waals surface area (Å²) in [5.74, 6) is 1.22. The van der Waals surface area contributed by atoms with Gasteiger partial charge in [-0.15, -0.1) is 11.3 Å². The van der Waals surface area contributed by atoms with Gasteiger partial charge in [-0.1, -0.05) is 23.9 Å². The molecule has 1 aromatic carbocycles. The first-order valence-corrected chi connectivity index (χ1v) is 11.5. The molecule has 4 rings (SSSR count). The number of amides is 1. The molecule has 0 saturated carbocycles. The molecule has 5 nitrogen and oxygen atoms in total. The number of fused-ring (bicyclic) bond motifs is 1. The summed E-state index contributed by atoms with van der Waals surface area (Å²) in [6, 6.07) is 12.3. The predicted molar refractivity (Wildman–Crippen MR) is 116 cm³/mol. The Hall–Kier alpha value is -1.96. The number of thiazole rings is 1. The third kappa shape index (κ3) is 5.10. The van der Waals surface area contributed by atoms with E-state index in [1.54, 1.807) is 23.1 Å². The minimum Gasteiger partial charge on any atom is -0.340 e. The van der Waals surface area contributed by atoms with Crippen molar-refractivity contribution in [2.24, 2.45) is 0 Å². The summed E-state index contributed by atoms with van der Waals surface area (Å²) < 4.78 is 2.32.